The van der Waals surface area contributed by atoms with E-state index in [1.165, 1.54) is 7.11 Å². The minimum Gasteiger partial charge on any atom is -0.493 e. The van der Waals surface area contributed by atoms with E-state index >= 15 is 0 Å². The van der Waals surface area contributed by atoms with Crippen LogP contribution in [-0.4, -0.2) is 64.4 Å². The van der Waals surface area contributed by atoms with Gasteiger partial charge in [-0.25, -0.2) is 14.8 Å². The van der Waals surface area contributed by atoms with Crippen LogP contribution in [0.4, 0.5) is 10.5 Å². The first-order valence-electron chi connectivity index (χ1n) is 20.6. The zero-order chi connectivity index (χ0) is 43.5. The molecule has 8 rings (SSSR count). The Kier molecular flexibility index (Phi) is 11.9. The summed E-state index contributed by atoms with van der Waals surface area (Å²) in [5.41, 5.74) is 10.2. The van der Waals surface area contributed by atoms with Gasteiger partial charge >= 0.3 is 6.09 Å². The zero-order valence-electron chi connectivity index (χ0n) is 35.3. The highest BCUT2D eigenvalue weighted by Crippen LogP contribution is 2.42. The number of para-hydroxylation sites is 1. The number of anilines is 1. The molecule has 316 valence electrons. The number of carbonyl (C=O) groups excluding carboxylic acids is 4. The second-order valence-electron chi connectivity index (χ2n) is 16.6. The van der Waals surface area contributed by atoms with Gasteiger partial charge in [0.15, 0.2) is 11.5 Å². The van der Waals surface area contributed by atoms with E-state index in [-0.39, 0.29) is 35.6 Å². The average Bonchev–Trinajstić information content (AvgIpc) is 3.91. The summed E-state index contributed by atoms with van der Waals surface area (Å²) >= 11 is 1.59. The SMILES string of the molecule is COc1cc(-c2cc(-c3ccccc3)nc3c2CC(=O)Nc2ccccc2-3)ccc1OC(=O)NC(C(=O)N1CCCC1C(=O)NCc1ccc(-c2scnc2C)cc1)C(C)(C)C. The molecule has 1 fully saturated rings. The Morgan fingerprint density at radius 3 is 2.37 bits per heavy atom. The monoisotopic (exact) mass is 848 g/mol. The number of methoxy groups -OCH3 is 1. The van der Waals surface area contributed by atoms with Crippen molar-refractivity contribution in [3.63, 3.8) is 0 Å². The number of hydrogen-bond donors (Lipinski definition) is 3. The summed E-state index contributed by atoms with van der Waals surface area (Å²) in [6.07, 6.45) is 0.409. The second-order valence-corrected chi connectivity index (χ2v) is 17.4. The highest BCUT2D eigenvalue weighted by atomic mass is 32.1. The maximum Gasteiger partial charge on any atom is 0.413 e. The molecular formula is C49H48N6O6S. The van der Waals surface area contributed by atoms with Crippen molar-refractivity contribution in [3.05, 3.63) is 125 Å². The van der Waals surface area contributed by atoms with Gasteiger partial charge in [0.05, 0.1) is 46.7 Å². The van der Waals surface area contributed by atoms with Crippen molar-refractivity contribution in [1.82, 2.24) is 25.5 Å². The third-order valence-corrected chi connectivity index (χ3v) is 12.3. The fourth-order valence-electron chi connectivity index (χ4n) is 8.09. The molecule has 3 N–H and O–H groups in total. The molecule has 1 saturated heterocycles. The Morgan fingerprint density at radius 2 is 1.65 bits per heavy atom. The van der Waals surface area contributed by atoms with Crippen LogP contribution in [0.2, 0.25) is 0 Å². The van der Waals surface area contributed by atoms with Crippen molar-refractivity contribution in [2.75, 3.05) is 19.0 Å². The first-order chi connectivity index (χ1) is 29.9. The molecular weight excluding hydrogens is 801 g/mol. The summed E-state index contributed by atoms with van der Waals surface area (Å²) < 4.78 is 11.6. The topological polar surface area (TPSA) is 152 Å². The summed E-state index contributed by atoms with van der Waals surface area (Å²) in [5, 5.41) is 8.85. The minimum absolute atomic E-state index is 0.0915. The van der Waals surface area contributed by atoms with Gasteiger partial charge in [-0.15, -0.1) is 11.3 Å². The number of amides is 4. The number of nitrogens with one attached hydrogen (secondary N) is 3. The van der Waals surface area contributed by atoms with Crippen molar-refractivity contribution >= 4 is 40.8 Å². The van der Waals surface area contributed by atoms with E-state index in [4.69, 9.17) is 14.5 Å². The number of rotatable bonds is 10. The lowest BCUT2D eigenvalue weighted by Gasteiger charge is -2.35. The van der Waals surface area contributed by atoms with E-state index < -0.39 is 23.6 Å². The predicted octanol–water partition coefficient (Wildman–Crippen LogP) is 8.83. The molecule has 0 aliphatic carbocycles. The van der Waals surface area contributed by atoms with Crippen LogP contribution in [0.1, 0.15) is 50.4 Å². The number of nitrogens with zero attached hydrogens (tertiary/aromatic N) is 3. The lowest BCUT2D eigenvalue weighted by molar-refractivity contribution is -0.142. The van der Waals surface area contributed by atoms with Crippen LogP contribution in [-0.2, 0) is 27.3 Å². The molecule has 13 heteroatoms. The third kappa shape index (κ3) is 8.80. The summed E-state index contributed by atoms with van der Waals surface area (Å²) in [4.78, 5) is 66.9. The number of thiazole rings is 1. The number of aromatic nitrogens is 2. The Bertz CT molecular complexity index is 2660. The number of carbonyl (C=O) groups is 4. The van der Waals surface area contributed by atoms with Crippen LogP contribution in [0.25, 0.3) is 44.1 Å². The third-order valence-electron chi connectivity index (χ3n) is 11.3. The van der Waals surface area contributed by atoms with Crippen LogP contribution < -0.4 is 25.4 Å². The fourth-order valence-corrected chi connectivity index (χ4v) is 8.90. The van der Waals surface area contributed by atoms with Crippen LogP contribution >= 0.6 is 11.3 Å². The fraction of sp³-hybridized carbons (Fsp3) is 0.265. The standard InChI is InChI=1S/C49H48N6O6S/c1-29-44(62-28-51-29)32-19-17-30(18-20-32)27-50-46(57)39-16-11-23-55(39)47(58)45(49(2,3)4)54-48(59)61-40-22-21-33(24-41(40)60-5)35-25-38(31-12-7-6-8-13-31)53-43-34-14-9-10-15-37(34)52-42(56)26-36(35)43/h6-10,12-15,17-22,24-25,28,39,45H,11,16,23,26-27H2,1-5H3,(H,50,57)(H,52,56)(H,54,59). The quantitative estimate of drug-likeness (QED) is 0.124. The Labute approximate surface area is 364 Å². The predicted molar refractivity (Wildman–Crippen MR) is 241 cm³/mol. The molecule has 4 amide bonds. The number of fused-ring (bicyclic) bond motifs is 3. The lowest BCUT2D eigenvalue weighted by atomic mass is 9.85. The number of benzene rings is 4. The van der Waals surface area contributed by atoms with Gasteiger partial charge in [0.1, 0.15) is 12.1 Å². The molecule has 12 nitrogen and oxygen atoms in total. The number of likely N-dealkylation sites (tertiary alicyclic amines) is 1. The molecule has 0 radical (unpaired) electrons. The van der Waals surface area contributed by atoms with Gasteiger partial charge in [-0.3, -0.25) is 14.4 Å². The molecule has 2 unspecified atom stereocenters. The molecule has 0 saturated carbocycles. The van der Waals surface area contributed by atoms with Crippen molar-refractivity contribution in [1.29, 1.82) is 0 Å². The smallest absolute Gasteiger partial charge is 0.413 e. The first-order valence-corrected chi connectivity index (χ1v) is 21.5. The summed E-state index contributed by atoms with van der Waals surface area (Å²) in [6, 6.07) is 30.9. The number of ether oxygens (including phenoxy) is 2. The normalized spacial score (nSPS) is 15.1. The van der Waals surface area contributed by atoms with Gasteiger partial charge in [-0.2, -0.15) is 0 Å². The van der Waals surface area contributed by atoms with E-state index in [1.54, 1.807) is 34.4 Å². The minimum atomic E-state index is -1.01. The molecule has 2 aromatic heterocycles. The largest absolute Gasteiger partial charge is 0.493 e. The van der Waals surface area contributed by atoms with E-state index in [0.717, 1.165) is 55.2 Å². The molecule has 6 aromatic rings. The molecule has 2 atom stereocenters. The van der Waals surface area contributed by atoms with Gasteiger partial charge in [0.25, 0.3) is 0 Å². The van der Waals surface area contributed by atoms with Crippen LogP contribution in [0.15, 0.2) is 109 Å². The lowest BCUT2D eigenvalue weighted by Crippen LogP contribution is -2.58. The first kappa shape index (κ1) is 41.9. The maximum atomic E-state index is 14.3. The number of aryl methyl sites for hydroxylation is 1. The van der Waals surface area contributed by atoms with Crippen molar-refractivity contribution < 1.29 is 28.7 Å². The molecule has 2 aliphatic rings. The summed E-state index contributed by atoms with van der Waals surface area (Å²) in [5.74, 6) is -0.370. The van der Waals surface area contributed by atoms with Gasteiger partial charge < -0.3 is 30.3 Å². The Balaban J connectivity index is 0.994. The summed E-state index contributed by atoms with van der Waals surface area (Å²) in [7, 11) is 1.48. The highest BCUT2D eigenvalue weighted by Gasteiger charge is 2.42. The molecule has 62 heavy (non-hydrogen) atoms. The molecule has 4 aromatic carbocycles. The second kappa shape index (κ2) is 17.6. The number of hydrogen-bond acceptors (Lipinski definition) is 9. The molecule has 2 aliphatic heterocycles. The van der Waals surface area contributed by atoms with Crippen molar-refractivity contribution in [2.45, 2.75) is 65.6 Å². The van der Waals surface area contributed by atoms with E-state index in [2.05, 4.69) is 20.9 Å². The number of pyridine rings is 1. The zero-order valence-corrected chi connectivity index (χ0v) is 36.1. The Morgan fingerprint density at radius 1 is 0.903 bits per heavy atom. The van der Waals surface area contributed by atoms with Crippen LogP contribution in [0, 0.1) is 12.3 Å². The van der Waals surface area contributed by atoms with Gasteiger partial charge in [0.2, 0.25) is 17.7 Å². The van der Waals surface area contributed by atoms with Crippen LogP contribution in [0.3, 0.4) is 0 Å². The van der Waals surface area contributed by atoms with Gasteiger partial charge in [-0.05, 0) is 77.3 Å². The summed E-state index contributed by atoms with van der Waals surface area (Å²) in [6.45, 7) is 8.24. The van der Waals surface area contributed by atoms with Gasteiger partial charge in [-0.1, -0.05) is 99.6 Å². The maximum absolute atomic E-state index is 14.3. The van der Waals surface area contributed by atoms with Crippen molar-refractivity contribution in [3.8, 4) is 55.6 Å². The Hall–Kier alpha value is -6.86. The van der Waals surface area contributed by atoms with E-state index in [0.29, 0.717) is 37.3 Å². The molecule has 0 bridgehead atoms. The molecule has 0 spiro atoms. The van der Waals surface area contributed by atoms with E-state index in [1.807, 2.05) is 118 Å². The average molecular weight is 849 g/mol. The highest BCUT2D eigenvalue weighted by molar-refractivity contribution is 7.13. The van der Waals surface area contributed by atoms with Crippen molar-refractivity contribution in [2.24, 2.45) is 5.41 Å². The van der Waals surface area contributed by atoms with E-state index in [9.17, 15) is 19.2 Å². The van der Waals surface area contributed by atoms with Crippen LogP contribution in [0.5, 0.6) is 11.5 Å². The van der Waals surface area contributed by atoms with Gasteiger partial charge in [0, 0.05) is 24.2 Å². The molecule has 4 heterocycles.